The molecule has 8 heteroatoms. The van der Waals surface area contributed by atoms with Crippen LogP contribution in [0.15, 0.2) is 83.1 Å². The topological polar surface area (TPSA) is 59.3 Å². The molecule has 1 amide bonds. The Balaban J connectivity index is 1.45. The van der Waals surface area contributed by atoms with Crippen LogP contribution in [0.25, 0.3) is 11.0 Å². The quantitative estimate of drug-likeness (QED) is 0.240. The molecule has 1 N–H and O–H groups in total. The summed E-state index contributed by atoms with van der Waals surface area (Å²) >= 11 is 7.27. The number of aromatic nitrogens is 2. The Morgan fingerprint density at radius 3 is 2.68 bits per heavy atom. The molecule has 4 aromatic rings. The SMILES string of the molecule is O=C(CSc1nc2ccccc2n1Cc1ccccc1)N/N=C/c1c(F)cccc1Cl. The number of carbonyl (C=O) groups is 1. The maximum absolute atomic E-state index is 13.8. The van der Waals surface area contributed by atoms with Crippen LogP contribution in [0.4, 0.5) is 4.39 Å². The van der Waals surface area contributed by atoms with Gasteiger partial charge in [-0.2, -0.15) is 5.10 Å². The van der Waals surface area contributed by atoms with Gasteiger partial charge in [0.05, 0.1) is 34.6 Å². The van der Waals surface area contributed by atoms with E-state index in [-0.39, 0.29) is 22.2 Å². The number of fused-ring (bicyclic) bond motifs is 1. The maximum Gasteiger partial charge on any atom is 0.250 e. The molecular weight excluding hydrogens is 435 g/mol. The molecule has 0 aliphatic heterocycles. The summed E-state index contributed by atoms with van der Waals surface area (Å²) in [6.45, 7) is 0.648. The summed E-state index contributed by atoms with van der Waals surface area (Å²) in [5.41, 5.74) is 5.55. The second-order valence-corrected chi connectivity index (χ2v) is 8.02. The van der Waals surface area contributed by atoms with E-state index in [4.69, 9.17) is 11.6 Å². The van der Waals surface area contributed by atoms with Gasteiger partial charge in [-0.15, -0.1) is 0 Å². The molecule has 0 aliphatic carbocycles. The Labute approximate surface area is 187 Å². The van der Waals surface area contributed by atoms with Crippen LogP contribution in [0.3, 0.4) is 0 Å². The fraction of sp³-hybridized carbons (Fsp3) is 0.0870. The third-order valence-electron chi connectivity index (χ3n) is 4.52. The van der Waals surface area contributed by atoms with Crippen molar-refractivity contribution >= 4 is 46.5 Å². The van der Waals surface area contributed by atoms with E-state index >= 15 is 0 Å². The van der Waals surface area contributed by atoms with Gasteiger partial charge in [0.2, 0.25) is 0 Å². The van der Waals surface area contributed by atoms with Crippen LogP contribution in [0.5, 0.6) is 0 Å². The van der Waals surface area contributed by atoms with Gasteiger partial charge in [0.25, 0.3) is 5.91 Å². The first-order chi connectivity index (χ1) is 15.1. The summed E-state index contributed by atoms with van der Waals surface area (Å²) in [4.78, 5) is 16.9. The zero-order valence-corrected chi connectivity index (χ0v) is 17.9. The third kappa shape index (κ3) is 5.13. The summed E-state index contributed by atoms with van der Waals surface area (Å²) in [6, 6.07) is 22.3. The van der Waals surface area contributed by atoms with Gasteiger partial charge in [-0.3, -0.25) is 4.79 Å². The van der Waals surface area contributed by atoms with Gasteiger partial charge in [-0.25, -0.2) is 14.8 Å². The minimum atomic E-state index is -0.505. The van der Waals surface area contributed by atoms with Crippen molar-refractivity contribution in [2.24, 2.45) is 5.10 Å². The number of nitrogens with zero attached hydrogens (tertiary/aromatic N) is 3. The summed E-state index contributed by atoms with van der Waals surface area (Å²) in [5.74, 6) is -0.720. The largest absolute Gasteiger partial charge is 0.314 e. The van der Waals surface area contributed by atoms with Crippen molar-refractivity contribution in [2.75, 3.05) is 5.75 Å². The second-order valence-electron chi connectivity index (χ2n) is 6.67. The van der Waals surface area contributed by atoms with Crippen molar-refractivity contribution in [1.82, 2.24) is 15.0 Å². The molecule has 0 atom stereocenters. The number of imidazole rings is 1. The number of thioether (sulfide) groups is 1. The van der Waals surface area contributed by atoms with E-state index in [0.29, 0.717) is 6.54 Å². The third-order valence-corrected chi connectivity index (χ3v) is 5.82. The molecule has 3 aromatic carbocycles. The van der Waals surface area contributed by atoms with Gasteiger partial charge in [0.1, 0.15) is 5.82 Å². The number of carbonyl (C=O) groups excluding carboxylic acids is 1. The Kier molecular flexibility index (Phi) is 6.64. The van der Waals surface area contributed by atoms with Crippen molar-refractivity contribution < 1.29 is 9.18 Å². The molecule has 1 heterocycles. The Hall–Kier alpha value is -3.16. The maximum atomic E-state index is 13.8. The van der Waals surface area contributed by atoms with E-state index in [0.717, 1.165) is 21.8 Å². The monoisotopic (exact) mass is 452 g/mol. The fourth-order valence-corrected chi connectivity index (χ4v) is 4.07. The van der Waals surface area contributed by atoms with Crippen molar-refractivity contribution in [3.05, 3.63) is 94.8 Å². The Morgan fingerprint density at radius 1 is 1.10 bits per heavy atom. The van der Waals surface area contributed by atoms with Gasteiger partial charge in [-0.1, -0.05) is 71.9 Å². The number of benzene rings is 3. The molecule has 0 radical (unpaired) electrons. The number of hydrogen-bond donors (Lipinski definition) is 1. The number of hydrazone groups is 1. The summed E-state index contributed by atoms with van der Waals surface area (Å²) in [5, 5.41) is 4.78. The van der Waals surface area contributed by atoms with Crippen molar-refractivity contribution in [3.8, 4) is 0 Å². The van der Waals surface area contributed by atoms with Crippen molar-refractivity contribution in [1.29, 1.82) is 0 Å². The fourth-order valence-electron chi connectivity index (χ4n) is 3.05. The molecule has 31 heavy (non-hydrogen) atoms. The lowest BCUT2D eigenvalue weighted by Gasteiger charge is -2.09. The molecule has 0 saturated carbocycles. The number of rotatable bonds is 7. The lowest BCUT2D eigenvalue weighted by atomic mass is 10.2. The summed E-state index contributed by atoms with van der Waals surface area (Å²) in [7, 11) is 0. The highest BCUT2D eigenvalue weighted by Crippen LogP contribution is 2.25. The Bertz CT molecular complexity index is 1220. The van der Waals surface area contributed by atoms with Gasteiger partial charge in [0.15, 0.2) is 5.16 Å². The van der Waals surface area contributed by atoms with Crippen molar-refractivity contribution in [3.63, 3.8) is 0 Å². The van der Waals surface area contributed by atoms with E-state index < -0.39 is 5.82 Å². The van der Waals surface area contributed by atoms with E-state index in [1.807, 2.05) is 42.5 Å². The standard InChI is InChI=1S/C23H18ClFN4OS/c24-18-9-6-10-19(25)17(18)13-26-28-22(30)15-31-23-27-20-11-4-5-12-21(20)29(23)14-16-7-2-1-3-8-16/h1-13H,14-15H2,(H,28,30)/b26-13+. The zero-order valence-electron chi connectivity index (χ0n) is 16.3. The molecule has 1 aromatic heterocycles. The second kappa shape index (κ2) is 9.76. The minimum Gasteiger partial charge on any atom is -0.314 e. The predicted molar refractivity (Wildman–Crippen MR) is 123 cm³/mol. The summed E-state index contributed by atoms with van der Waals surface area (Å²) in [6.07, 6.45) is 1.20. The first-order valence-electron chi connectivity index (χ1n) is 9.50. The molecule has 0 saturated heterocycles. The van der Waals surface area contributed by atoms with E-state index in [1.54, 1.807) is 6.07 Å². The van der Waals surface area contributed by atoms with Crippen LogP contribution in [-0.4, -0.2) is 27.4 Å². The highest BCUT2D eigenvalue weighted by Gasteiger charge is 2.13. The van der Waals surface area contributed by atoms with E-state index in [9.17, 15) is 9.18 Å². The highest BCUT2D eigenvalue weighted by molar-refractivity contribution is 7.99. The van der Waals surface area contributed by atoms with E-state index in [1.165, 1.54) is 30.1 Å². The van der Waals surface area contributed by atoms with Crippen molar-refractivity contribution in [2.45, 2.75) is 11.7 Å². The smallest absolute Gasteiger partial charge is 0.250 e. The molecule has 4 rings (SSSR count). The lowest BCUT2D eigenvalue weighted by Crippen LogP contribution is -2.20. The van der Waals surface area contributed by atoms with Crippen LogP contribution >= 0.6 is 23.4 Å². The van der Waals surface area contributed by atoms with Crippen LogP contribution in [0.2, 0.25) is 5.02 Å². The van der Waals surface area contributed by atoms with Crippen LogP contribution in [0, 0.1) is 5.82 Å². The number of hydrogen-bond acceptors (Lipinski definition) is 4. The zero-order chi connectivity index (χ0) is 21.6. The first kappa shape index (κ1) is 21.1. The van der Waals surface area contributed by atoms with E-state index in [2.05, 4.69) is 32.2 Å². The average Bonchev–Trinajstić information content (AvgIpc) is 3.12. The lowest BCUT2D eigenvalue weighted by molar-refractivity contribution is -0.118. The minimum absolute atomic E-state index is 0.112. The van der Waals surface area contributed by atoms with Crippen LogP contribution in [-0.2, 0) is 11.3 Å². The van der Waals surface area contributed by atoms with Gasteiger partial charge < -0.3 is 4.57 Å². The number of amides is 1. The molecule has 0 aliphatic rings. The molecule has 156 valence electrons. The Morgan fingerprint density at radius 2 is 1.87 bits per heavy atom. The molecular formula is C23H18ClFN4OS. The molecule has 0 bridgehead atoms. The molecule has 0 spiro atoms. The predicted octanol–water partition coefficient (Wildman–Crippen LogP) is 5.12. The number of para-hydroxylation sites is 2. The van der Waals surface area contributed by atoms with Crippen LogP contribution < -0.4 is 5.43 Å². The average molecular weight is 453 g/mol. The number of nitrogens with one attached hydrogen (secondary N) is 1. The van der Waals surface area contributed by atoms with Crippen LogP contribution in [0.1, 0.15) is 11.1 Å². The van der Waals surface area contributed by atoms with Gasteiger partial charge in [-0.05, 0) is 29.8 Å². The number of halogens is 2. The molecule has 5 nitrogen and oxygen atoms in total. The first-order valence-corrected chi connectivity index (χ1v) is 10.9. The molecule has 0 fully saturated rings. The summed E-state index contributed by atoms with van der Waals surface area (Å²) < 4.78 is 15.9. The van der Waals surface area contributed by atoms with Gasteiger partial charge >= 0.3 is 0 Å². The highest BCUT2D eigenvalue weighted by atomic mass is 35.5. The normalized spacial score (nSPS) is 11.3. The molecule has 0 unspecified atom stereocenters. The van der Waals surface area contributed by atoms with Gasteiger partial charge in [0, 0.05) is 5.56 Å².